The molecular weight excluding hydrogens is 298 g/mol. The van der Waals surface area contributed by atoms with Crippen molar-refractivity contribution in [3.8, 4) is 0 Å². The van der Waals surface area contributed by atoms with Gasteiger partial charge in [-0.3, -0.25) is 4.84 Å². The minimum absolute atomic E-state index is 0.853. The molecule has 1 heterocycles. The second-order valence-electron chi connectivity index (χ2n) is 6.85. The van der Waals surface area contributed by atoms with Crippen molar-refractivity contribution < 1.29 is 40.2 Å². The van der Waals surface area contributed by atoms with Crippen LogP contribution in [0.3, 0.4) is 0 Å². The molecule has 22 heavy (non-hydrogen) atoms. The van der Waals surface area contributed by atoms with Crippen molar-refractivity contribution in [3.63, 3.8) is 0 Å². The molecule has 1 fully saturated rings. The van der Waals surface area contributed by atoms with Gasteiger partial charge in [0, 0.05) is 0 Å². The summed E-state index contributed by atoms with van der Waals surface area (Å²) in [6, 6.07) is 0. The Morgan fingerprint density at radius 3 is 1.86 bits per heavy atom. The van der Waals surface area contributed by atoms with Crippen LogP contribution >= 0.6 is 0 Å². The predicted octanol–water partition coefficient (Wildman–Crippen LogP) is -2.45. The molecule has 0 aromatic carbocycles. The SMILES string of the molecule is CC1(C(O)C(O)CO)O[C@@](C)(O)C(C)(C)[C@@](C)(O)[C@@]1(O)ON. The summed E-state index contributed by atoms with van der Waals surface area (Å²) >= 11 is 0. The van der Waals surface area contributed by atoms with Gasteiger partial charge in [0.05, 0.1) is 12.0 Å². The molecule has 8 N–H and O–H groups in total. The Labute approximate surface area is 128 Å². The van der Waals surface area contributed by atoms with Crippen LogP contribution in [0.5, 0.6) is 0 Å². The fraction of sp³-hybridized carbons (Fsp3) is 1.00. The van der Waals surface area contributed by atoms with Gasteiger partial charge in [-0.15, -0.1) is 0 Å². The number of nitrogens with two attached hydrogens (primary N) is 1. The Bertz CT molecular complexity index is 426. The summed E-state index contributed by atoms with van der Waals surface area (Å²) in [5.41, 5.74) is -5.95. The van der Waals surface area contributed by atoms with Gasteiger partial charge in [-0.2, -0.15) is 0 Å². The first kappa shape index (κ1) is 19.7. The molecule has 0 aromatic rings. The van der Waals surface area contributed by atoms with Crippen molar-refractivity contribution in [1.82, 2.24) is 0 Å². The lowest BCUT2D eigenvalue weighted by Crippen LogP contribution is -2.85. The minimum Gasteiger partial charge on any atom is -0.394 e. The zero-order valence-electron chi connectivity index (χ0n) is 13.4. The fourth-order valence-electron chi connectivity index (χ4n) is 2.93. The number of rotatable bonds is 4. The summed E-state index contributed by atoms with van der Waals surface area (Å²) < 4.78 is 5.42. The lowest BCUT2D eigenvalue weighted by molar-refractivity contribution is -0.501. The third-order valence-corrected chi connectivity index (χ3v) is 5.41. The Hall–Kier alpha value is -0.360. The first-order valence-electron chi connectivity index (χ1n) is 6.88. The molecule has 6 atom stereocenters. The van der Waals surface area contributed by atoms with Crippen molar-refractivity contribution in [2.24, 2.45) is 11.3 Å². The summed E-state index contributed by atoms with van der Waals surface area (Å²) in [7, 11) is 0. The van der Waals surface area contributed by atoms with Crippen LogP contribution in [0.2, 0.25) is 0 Å². The van der Waals surface area contributed by atoms with Gasteiger partial charge in [-0.1, -0.05) is 13.8 Å². The molecule has 0 amide bonds. The molecule has 9 heteroatoms. The van der Waals surface area contributed by atoms with Gasteiger partial charge in [0.1, 0.15) is 17.8 Å². The Morgan fingerprint density at radius 1 is 1.05 bits per heavy atom. The standard InChI is InChI=1S/C13H27NO8/c1-9(2)11(4,18)13(20,22-14)10(3,21-12(9,5)19)8(17)7(16)6-15/h7-8,15-20H,6,14H2,1-5H3/t7?,8?,10?,11-,12-,13+/m1/s1. The Morgan fingerprint density at radius 2 is 1.50 bits per heavy atom. The predicted molar refractivity (Wildman–Crippen MR) is 73.8 cm³/mol. The molecule has 3 unspecified atom stereocenters. The van der Waals surface area contributed by atoms with Gasteiger partial charge in [0.2, 0.25) is 5.79 Å². The van der Waals surface area contributed by atoms with Gasteiger partial charge in [-0.25, -0.2) is 5.90 Å². The minimum atomic E-state index is -2.71. The second-order valence-corrected chi connectivity index (χ2v) is 6.85. The number of hydrogen-bond donors (Lipinski definition) is 7. The van der Waals surface area contributed by atoms with E-state index >= 15 is 0 Å². The number of hydrogen-bond acceptors (Lipinski definition) is 9. The summed E-state index contributed by atoms with van der Waals surface area (Å²) in [4.78, 5) is 4.57. The fourth-order valence-corrected chi connectivity index (χ4v) is 2.93. The summed E-state index contributed by atoms with van der Waals surface area (Å²) in [6.07, 6.45) is -3.67. The van der Waals surface area contributed by atoms with Crippen molar-refractivity contribution in [1.29, 1.82) is 0 Å². The highest BCUT2D eigenvalue weighted by molar-refractivity contribution is 5.19. The maximum atomic E-state index is 10.8. The summed E-state index contributed by atoms with van der Waals surface area (Å²) in [5.74, 6) is 0.408. The zero-order chi connectivity index (χ0) is 17.8. The molecule has 1 aliphatic heterocycles. The van der Waals surface area contributed by atoms with Crippen LogP contribution in [0.15, 0.2) is 0 Å². The van der Waals surface area contributed by atoms with E-state index in [9.17, 15) is 25.5 Å². The topological polar surface area (TPSA) is 166 Å². The first-order valence-corrected chi connectivity index (χ1v) is 6.88. The second kappa shape index (κ2) is 5.33. The molecule has 0 aliphatic carbocycles. The van der Waals surface area contributed by atoms with E-state index in [0.717, 1.165) is 13.8 Å². The van der Waals surface area contributed by atoms with Crippen molar-refractivity contribution in [3.05, 3.63) is 0 Å². The molecule has 0 saturated carbocycles. The normalized spacial score (nSPS) is 48.0. The van der Waals surface area contributed by atoms with E-state index < -0.39 is 47.0 Å². The summed E-state index contributed by atoms with van der Waals surface area (Å²) in [5, 5.41) is 61.2. The van der Waals surface area contributed by atoms with E-state index in [-0.39, 0.29) is 0 Å². The average Bonchev–Trinajstić information content (AvgIpc) is 2.41. The molecule has 1 rings (SSSR count). The molecule has 1 saturated heterocycles. The molecular formula is C13H27NO8. The third kappa shape index (κ3) is 2.13. The smallest absolute Gasteiger partial charge is 0.245 e. The van der Waals surface area contributed by atoms with Crippen molar-refractivity contribution in [2.45, 2.75) is 69.6 Å². The van der Waals surface area contributed by atoms with Crippen LogP contribution < -0.4 is 5.90 Å². The van der Waals surface area contributed by atoms with Gasteiger partial charge >= 0.3 is 0 Å². The van der Waals surface area contributed by atoms with Gasteiger partial charge < -0.3 is 35.4 Å². The molecule has 9 nitrogen and oxygen atoms in total. The van der Waals surface area contributed by atoms with Crippen molar-refractivity contribution in [2.75, 3.05) is 6.61 Å². The lowest BCUT2D eigenvalue weighted by Gasteiger charge is -2.65. The van der Waals surface area contributed by atoms with Crippen LogP contribution in [-0.2, 0) is 9.57 Å². The van der Waals surface area contributed by atoms with E-state index in [1.807, 2.05) is 0 Å². The first-order chi connectivity index (χ1) is 9.66. The summed E-state index contributed by atoms with van der Waals surface area (Å²) in [6.45, 7) is 5.45. The van der Waals surface area contributed by atoms with E-state index in [0.29, 0.717) is 0 Å². The number of ether oxygens (including phenoxy) is 1. The largest absolute Gasteiger partial charge is 0.394 e. The van der Waals surface area contributed by atoms with E-state index in [2.05, 4.69) is 4.84 Å². The Balaban J connectivity index is 3.58. The highest BCUT2D eigenvalue weighted by Gasteiger charge is 2.77. The lowest BCUT2D eigenvalue weighted by atomic mass is 9.58. The van der Waals surface area contributed by atoms with Crippen LogP contribution in [-0.4, -0.2) is 72.2 Å². The molecule has 0 bridgehead atoms. The molecule has 1 aliphatic rings. The Kier molecular flexibility index (Phi) is 4.77. The quantitative estimate of drug-likeness (QED) is 0.219. The van der Waals surface area contributed by atoms with E-state index in [1.54, 1.807) is 0 Å². The molecule has 0 radical (unpaired) electrons. The maximum absolute atomic E-state index is 10.8. The van der Waals surface area contributed by atoms with Crippen molar-refractivity contribution >= 4 is 0 Å². The number of aliphatic hydroxyl groups excluding tert-OH is 3. The van der Waals surface area contributed by atoms with Crippen LogP contribution in [0.1, 0.15) is 34.6 Å². The van der Waals surface area contributed by atoms with Gasteiger partial charge in [-0.05, 0) is 20.8 Å². The molecule has 0 spiro atoms. The molecule has 132 valence electrons. The van der Waals surface area contributed by atoms with Crippen LogP contribution in [0.4, 0.5) is 0 Å². The van der Waals surface area contributed by atoms with E-state index in [1.165, 1.54) is 20.8 Å². The van der Waals surface area contributed by atoms with E-state index in [4.69, 9.17) is 15.7 Å². The average molecular weight is 325 g/mol. The molecule has 0 aromatic heterocycles. The van der Waals surface area contributed by atoms with Crippen LogP contribution in [0.25, 0.3) is 0 Å². The maximum Gasteiger partial charge on any atom is 0.245 e. The highest BCUT2D eigenvalue weighted by Crippen LogP contribution is 2.58. The monoisotopic (exact) mass is 325 g/mol. The third-order valence-electron chi connectivity index (χ3n) is 5.41. The van der Waals surface area contributed by atoms with Gasteiger partial charge in [0.15, 0.2) is 11.4 Å². The van der Waals surface area contributed by atoms with Crippen LogP contribution in [0, 0.1) is 5.41 Å². The number of aliphatic hydroxyl groups is 6. The zero-order valence-corrected chi connectivity index (χ0v) is 13.4. The van der Waals surface area contributed by atoms with Gasteiger partial charge in [0.25, 0.3) is 0 Å². The highest BCUT2D eigenvalue weighted by atomic mass is 16.8.